The van der Waals surface area contributed by atoms with Gasteiger partial charge in [-0.15, -0.1) is 0 Å². The van der Waals surface area contributed by atoms with Gasteiger partial charge in [-0.25, -0.2) is 4.57 Å². The van der Waals surface area contributed by atoms with Gasteiger partial charge >= 0.3 is 25.7 Å². The van der Waals surface area contributed by atoms with Gasteiger partial charge in [0.1, 0.15) is 12.6 Å². The number of phosphoric acid groups is 1. The SMILES string of the molecule is CC/C=C\C/C=C\C/C=C\C/C=C\C/C=C\C/C=C\CCC(=O)OC[C@H](COP(=O)(O)OC[C@H](N)C(=O)O)OC(=O)CC/C=C\C/C=C\C/C=C\C/C=C\C/C=C\CCCCC. The number of nitrogens with two attached hydrogens (primary N) is 1. The van der Waals surface area contributed by atoms with Gasteiger partial charge in [0.2, 0.25) is 0 Å². The van der Waals surface area contributed by atoms with Crippen LogP contribution in [-0.2, 0) is 37.5 Å². The van der Waals surface area contributed by atoms with Crippen LogP contribution in [0.15, 0.2) is 134 Å². The Kier molecular flexibility index (Phi) is 40.2. The largest absolute Gasteiger partial charge is 0.480 e. The van der Waals surface area contributed by atoms with Crippen LogP contribution in [0.25, 0.3) is 0 Å². The molecule has 1 unspecified atom stereocenters. The molecule has 0 heterocycles. The number of hydrogen-bond acceptors (Lipinski definition) is 9. The zero-order valence-electron chi connectivity index (χ0n) is 37.4. The molecule has 0 radical (unpaired) electrons. The maximum atomic E-state index is 12.6. The molecular formula is C50H76NO10P. The van der Waals surface area contributed by atoms with E-state index in [1.165, 1.54) is 19.3 Å². The van der Waals surface area contributed by atoms with E-state index in [-0.39, 0.29) is 12.8 Å². The number of carbonyl (C=O) groups is 3. The summed E-state index contributed by atoms with van der Waals surface area (Å²) in [6.45, 7) is 2.48. The van der Waals surface area contributed by atoms with E-state index >= 15 is 0 Å². The van der Waals surface area contributed by atoms with E-state index in [1.807, 2.05) is 36.5 Å². The first kappa shape index (κ1) is 57.6. The summed E-state index contributed by atoms with van der Waals surface area (Å²) in [5.41, 5.74) is 5.32. The highest BCUT2D eigenvalue weighted by atomic mass is 31.2. The predicted molar refractivity (Wildman–Crippen MR) is 253 cm³/mol. The summed E-state index contributed by atoms with van der Waals surface area (Å²) in [5.74, 6) is -2.61. The highest BCUT2D eigenvalue weighted by Gasteiger charge is 2.28. The molecule has 0 bridgehead atoms. The van der Waals surface area contributed by atoms with Gasteiger partial charge in [0.15, 0.2) is 6.10 Å². The fourth-order valence-corrected chi connectivity index (χ4v) is 5.73. The van der Waals surface area contributed by atoms with Crippen molar-refractivity contribution in [2.24, 2.45) is 5.73 Å². The maximum absolute atomic E-state index is 12.6. The average Bonchev–Trinajstić information content (AvgIpc) is 3.25. The molecule has 0 saturated heterocycles. The van der Waals surface area contributed by atoms with Crippen molar-refractivity contribution in [3.05, 3.63) is 134 Å². The Bertz CT molecular complexity index is 1550. The van der Waals surface area contributed by atoms with Crippen molar-refractivity contribution in [1.29, 1.82) is 0 Å². The number of carbonyl (C=O) groups excluding carboxylic acids is 2. The molecule has 0 aromatic heterocycles. The molecule has 0 saturated carbocycles. The zero-order chi connectivity index (χ0) is 45.6. The number of aliphatic carboxylic acids is 1. The van der Waals surface area contributed by atoms with Gasteiger partial charge in [-0.1, -0.05) is 160 Å². The molecule has 0 aromatic carbocycles. The molecule has 4 N–H and O–H groups in total. The van der Waals surface area contributed by atoms with E-state index in [2.05, 4.69) is 116 Å². The molecule has 0 fully saturated rings. The summed E-state index contributed by atoms with van der Waals surface area (Å²) in [6, 6.07) is -1.55. The zero-order valence-corrected chi connectivity index (χ0v) is 38.3. The van der Waals surface area contributed by atoms with Crippen LogP contribution in [0, 0.1) is 0 Å². The van der Waals surface area contributed by atoms with Gasteiger partial charge in [-0.3, -0.25) is 23.4 Å². The first-order valence-corrected chi connectivity index (χ1v) is 23.7. The fourth-order valence-electron chi connectivity index (χ4n) is 4.95. The third-order valence-corrected chi connectivity index (χ3v) is 9.36. The Labute approximate surface area is 372 Å². The van der Waals surface area contributed by atoms with Gasteiger partial charge in [0.05, 0.1) is 13.2 Å². The lowest BCUT2D eigenvalue weighted by molar-refractivity contribution is -0.161. The molecule has 0 rings (SSSR count). The molecule has 0 amide bonds. The fraction of sp³-hybridized carbons (Fsp3) is 0.500. The van der Waals surface area contributed by atoms with E-state index in [0.29, 0.717) is 19.3 Å². The Morgan fingerprint density at radius 1 is 0.516 bits per heavy atom. The normalized spacial score (nSPS) is 14.9. The standard InChI is InChI=1S/C50H76NO10P/c1-3-5-7-9-11-13-15-17-19-21-23-25-27-29-31-33-35-37-39-41-48(52)58-43-46(44-59-62(56,57)60-45-47(51)50(54)55)61-49(53)42-40-38-36-34-32-30-28-26-24-22-20-18-16-14-12-10-8-6-4-2/h5,7,11-14,17-20,23-26,29-32,35-38,46-47H,3-4,6,8-10,15-16,21-22,27-28,33-34,39-45,51H2,1-2H3,(H,54,55)(H,56,57)/b7-5-,13-11-,14-12-,19-17-,20-18-,25-23-,26-24-,31-29-,32-30-,37-35-,38-36-/t46-,47+/m1/s1. The van der Waals surface area contributed by atoms with Gasteiger partial charge in [-0.2, -0.15) is 0 Å². The third kappa shape index (κ3) is 42.3. The van der Waals surface area contributed by atoms with Crippen molar-refractivity contribution >= 4 is 25.7 Å². The van der Waals surface area contributed by atoms with Crippen molar-refractivity contribution in [3.8, 4) is 0 Å². The van der Waals surface area contributed by atoms with Crippen LogP contribution in [0.4, 0.5) is 0 Å². The highest BCUT2D eigenvalue weighted by Crippen LogP contribution is 2.43. The Balaban J connectivity index is 4.63. The van der Waals surface area contributed by atoms with E-state index < -0.39 is 57.7 Å². The summed E-state index contributed by atoms with van der Waals surface area (Å²) >= 11 is 0. The van der Waals surface area contributed by atoms with Gasteiger partial charge in [-0.05, 0) is 89.9 Å². The van der Waals surface area contributed by atoms with Crippen molar-refractivity contribution in [2.75, 3.05) is 19.8 Å². The van der Waals surface area contributed by atoms with Crippen LogP contribution < -0.4 is 5.73 Å². The number of ether oxygens (including phenoxy) is 2. The maximum Gasteiger partial charge on any atom is 0.472 e. The smallest absolute Gasteiger partial charge is 0.472 e. The minimum absolute atomic E-state index is 0.0129. The molecule has 3 atom stereocenters. The van der Waals surface area contributed by atoms with Crippen molar-refractivity contribution < 1.29 is 47.5 Å². The lowest BCUT2D eigenvalue weighted by Gasteiger charge is -2.20. The number of carboxylic acid groups (broad SMARTS) is 1. The van der Waals surface area contributed by atoms with E-state index in [1.54, 1.807) is 0 Å². The number of phosphoric ester groups is 1. The average molecular weight is 882 g/mol. The number of esters is 2. The van der Waals surface area contributed by atoms with Crippen LogP contribution in [0.2, 0.25) is 0 Å². The quantitative estimate of drug-likeness (QED) is 0.0232. The molecule has 346 valence electrons. The molecule has 0 aromatic rings. The molecule has 0 aliphatic heterocycles. The van der Waals surface area contributed by atoms with Gasteiger partial charge < -0.3 is 25.2 Å². The summed E-state index contributed by atoms with van der Waals surface area (Å²) in [4.78, 5) is 45.9. The lowest BCUT2D eigenvalue weighted by atomic mass is 10.2. The molecule has 12 heteroatoms. The Morgan fingerprint density at radius 3 is 1.29 bits per heavy atom. The first-order chi connectivity index (χ1) is 30.1. The van der Waals surface area contributed by atoms with E-state index in [9.17, 15) is 23.8 Å². The molecular weight excluding hydrogens is 806 g/mol. The van der Waals surface area contributed by atoms with Crippen molar-refractivity contribution in [3.63, 3.8) is 0 Å². The van der Waals surface area contributed by atoms with Crippen LogP contribution in [-0.4, -0.2) is 59.9 Å². The number of unbranched alkanes of at least 4 members (excludes halogenated alkanes) is 3. The number of allylic oxidation sites excluding steroid dienone is 22. The number of carboxylic acids is 1. The van der Waals surface area contributed by atoms with Crippen LogP contribution in [0.1, 0.15) is 129 Å². The van der Waals surface area contributed by atoms with Crippen LogP contribution >= 0.6 is 7.82 Å². The number of rotatable bonds is 39. The molecule has 11 nitrogen and oxygen atoms in total. The van der Waals surface area contributed by atoms with Crippen molar-refractivity contribution in [2.45, 2.75) is 142 Å². The van der Waals surface area contributed by atoms with E-state index in [0.717, 1.165) is 64.2 Å². The summed E-state index contributed by atoms with van der Waals surface area (Å²) in [5, 5.41) is 8.89. The molecule has 0 aliphatic carbocycles. The summed E-state index contributed by atoms with van der Waals surface area (Å²) in [6.07, 6.45) is 59.7. The minimum Gasteiger partial charge on any atom is -0.480 e. The van der Waals surface area contributed by atoms with Crippen LogP contribution in [0.3, 0.4) is 0 Å². The second-order valence-corrected chi connectivity index (χ2v) is 15.5. The monoisotopic (exact) mass is 882 g/mol. The van der Waals surface area contributed by atoms with Gasteiger partial charge in [0.25, 0.3) is 0 Å². The van der Waals surface area contributed by atoms with Crippen molar-refractivity contribution in [1.82, 2.24) is 0 Å². The Morgan fingerprint density at radius 2 is 0.887 bits per heavy atom. The summed E-state index contributed by atoms with van der Waals surface area (Å²) < 4.78 is 32.5. The predicted octanol–water partition coefficient (Wildman–Crippen LogP) is 12.2. The van der Waals surface area contributed by atoms with Crippen LogP contribution in [0.5, 0.6) is 0 Å². The second-order valence-electron chi connectivity index (χ2n) is 14.1. The molecule has 0 aliphatic rings. The summed E-state index contributed by atoms with van der Waals surface area (Å²) in [7, 11) is -4.77. The third-order valence-electron chi connectivity index (χ3n) is 8.41. The Hall–Kier alpha value is -4.38. The molecule has 0 spiro atoms. The number of hydrogen-bond donors (Lipinski definition) is 3. The van der Waals surface area contributed by atoms with Gasteiger partial charge in [0, 0.05) is 12.8 Å². The second kappa shape index (κ2) is 43.3. The first-order valence-electron chi connectivity index (χ1n) is 22.2. The molecule has 62 heavy (non-hydrogen) atoms. The highest BCUT2D eigenvalue weighted by molar-refractivity contribution is 7.47. The van der Waals surface area contributed by atoms with E-state index in [4.69, 9.17) is 24.8 Å². The topological polar surface area (TPSA) is 172 Å². The lowest BCUT2D eigenvalue weighted by Crippen LogP contribution is -2.34. The minimum atomic E-state index is -4.77.